The molecule has 0 saturated carbocycles. The summed E-state index contributed by atoms with van der Waals surface area (Å²) in [4.78, 5) is 17.8. The minimum atomic E-state index is -1.12. The number of aliphatic hydroxyl groups excluding tert-OH is 1. The van der Waals surface area contributed by atoms with Crippen LogP contribution in [0.4, 0.5) is 0 Å². The van der Waals surface area contributed by atoms with Crippen molar-refractivity contribution in [1.82, 2.24) is 0 Å². The number of aliphatic carboxylic acids is 2. The molecule has 0 spiro atoms. The van der Waals surface area contributed by atoms with Crippen LogP contribution in [0.15, 0.2) is 0 Å². The molecule has 1 radical (unpaired) electrons. The predicted octanol–water partition coefficient (Wildman–Crippen LogP) is -2.78. The Morgan fingerprint density at radius 2 is 1.21 bits per heavy atom. The number of carbonyl (C=O) groups is 2. The van der Waals surface area contributed by atoms with Gasteiger partial charge in [0.25, 0.3) is 0 Å². The topological polar surface area (TPSA) is 121 Å². The molecular formula is C7H14CuO6. The van der Waals surface area contributed by atoms with E-state index >= 15 is 0 Å². The van der Waals surface area contributed by atoms with E-state index in [2.05, 4.69) is 0 Å². The van der Waals surface area contributed by atoms with Crippen molar-refractivity contribution in [3.63, 3.8) is 0 Å². The van der Waals surface area contributed by atoms with Crippen LogP contribution in [0.25, 0.3) is 0 Å². The summed E-state index contributed by atoms with van der Waals surface area (Å²) in [6.07, 6.45) is -0.699. The van der Waals surface area contributed by atoms with Gasteiger partial charge in [-0.05, 0) is 20.3 Å². The van der Waals surface area contributed by atoms with Crippen LogP contribution in [0.5, 0.6) is 0 Å². The van der Waals surface area contributed by atoms with Crippen LogP contribution in [0, 0.1) is 0 Å². The largest absolute Gasteiger partial charge is 2.00 e. The van der Waals surface area contributed by atoms with Crippen LogP contribution in [0.1, 0.15) is 27.2 Å². The van der Waals surface area contributed by atoms with Crippen LogP contribution in [-0.2, 0) is 26.7 Å². The maximum atomic E-state index is 8.89. The molecule has 0 aromatic rings. The molecule has 6 nitrogen and oxygen atoms in total. The van der Waals surface area contributed by atoms with Gasteiger partial charge in [0.05, 0.1) is 0 Å². The van der Waals surface area contributed by atoms with Gasteiger partial charge >= 0.3 is 17.1 Å². The molecule has 0 aliphatic rings. The molecule has 2 N–H and O–H groups in total. The van der Waals surface area contributed by atoms with Crippen molar-refractivity contribution < 1.29 is 47.1 Å². The first-order valence-electron chi connectivity index (χ1n) is 3.45. The third-order valence-electron chi connectivity index (χ3n) is 0.365. The summed E-state index contributed by atoms with van der Waals surface area (Å²) in [6, 6.07) is 0. The molecule has 0 aliphatic heterocycles. The number of aliphatic hydroxyl groups is 2. The zero-order valence-corrected chi connectivity index (χ0v) is 9.06. The van der Waals surface area contributed by atoms with Gasteiger partial charge in [-0.25, -0.2) is 0 Å². The van der Waals surface area contributed by atoms with Crippen LogP contribution in [-0.4, -0.2) is 28.4 Å². The van der Waals surface area contributed by atoms with Crippen LogP contribution in [0.2, 0.25) is 0 Å². The molecule has 0 aromatic carbocycles. The van der Waals surface area contributed by atoms with E-state index in [1.165, 1.54) is 0 Å². The normalized spacial score (nSPS) is 7.00. The fourth-order valence-corrected chi connectivity index (χ4v) is 0. The van der Waals surface area contributed by atoms with Gasteiger partial charge in [-0.1, -0.05) is 6.92 Å². The summed E-state index contributed by atoms with van der Waals surface area (Å²) in [5, 5.41) is 33.6. The Morgan fingerprint density at radius 3 is 1.21 bits per heavy atom. The van der Waals surface area contributed by atoms with Crippen LogP contribution < -0.4 is 10.2 Å². The summed E-state index contributed by atoms with van der Waals surface area (Å²) in [6.45, 7) is 3.64. The predicted molar refractivity (Wildman–Crippen MR) is 39.9 cm³/mol. The Labute approximate surface area is 93.0 Å². The van der Waals surface area contributed by atoms with E-state index in [4.69, 9.17) is 30.0 Å². The molecule has 7 heteroatoms. The van der Waals surface area contributed by atoms with Crippen molar-refractivity contribution in [2.75, 3.05) is 0 Å². The Hall–Kier alpha value is -0.621. The maximum Gasteiger partial charge on any atom is 2.00 e. The summed E-state index contributed by atoms with van der Waals surface area (Å²) in [7, 11) is 0. The average Bonchev–Trinajstić information content (AvgIpc) is 1.84. The second-order valence-corrected chi connectivity index (χ2v) is 1.87. The molecule has 89 valence electrons. The number of hydrogen-bond donors (Lipinski definition) is 2. The quantitative estimate of drug-likeness (QED) is 0.387. The van der Waals surface area contributed by atoms with E-state index in [9.17, 15) is 0 Å². The van der Waals surface area contributed by atoms with Gasteiger partial charge in [-0.2, -0.15) is 0 Å². The van der Waals surface area contributed by atoms with E-state index in [1.54, 1.807) is 6.92 Å². The van der Waals surface area contributed by atoms with Gasteiger partial charge in [-0.15, -0.1) is 0 Å². The summed E-state index contributed by atoms with van der Waals surface area (Å²) in [5.74, 6) is -2.17. The second-order valence-electron chi connectivity index (χ2n) is 1.87. The first-order chi connectivity index (χ1) is 5.73. The van der Waals surface area contributed by atoms with Crippen molar-refractivity contribution in [2.45, 2.75) is 33.5 Å². The first kappa shape index (κ1) is 23.3. The molecule has 0 bridgehead atoms. The van der Waals surface area contributed by atoms with Crippen molar-refractivity contribution >= 4 is 11.9 Å². The smallest absolute Gasteiger partial charge is 0.550 e. The van der Waals surface area contributed by atoms with Gasteiger partial charge in [0.1, 0.15) is 0 Å². The minimum Gasteiger partial charge on any atom is -0.550 e. The SMILES string of the molecule is CC(=O)[O-].CC(=O)[O-].CCC(O)O.[Cu+2]. The van der Waals surface area contributed by atoms with Gasteiger partial charge in [0.15, 0.2) is 6.29 Å². The van der Waals surface area contributed by atoms with Crippen LogP contribution >= 0.6 is 0 Å². The number of hydrogen-bond acceptors (Lipinski definition) is 6. The van der Waals surface area contributed by atoms with Crippen molar-refractivity contribution in [3.8, 4) is 0 Å². The van der Waals surface area contributed by atoms with Gasteiger partial charge in [0.2, 0.25) is 0 Å². The van der Waals surface area contributed by atoms with E-state index in [1.807, 2.05) is 0 Å². The summed E-state index contributed by atoms with van der Waals surface area (Å²) in [5.41, 5.74) is 0. The molecule has 0 unspecified atom stereocenters. The Kier molecular flexibility index (Phi) is 30.3. The third-order valence-corrected chi connectivity index (χ3v) is 0.365. The summed E-state index contributed by atoms with van der Waals surface area (Å²) >= 11 is 0. The molecule has 0 saturated heterocycles. The molecular weight excluding hydrogens is 244 g/mol. The van der Waals surface area contributed by atoms with Crippen LogP contribution in [0.3, 0.4) is 0 Å². The fraction of sp³-hybridized carbons (Fsp3) is 0.714. The maximum absolute atomic E-state index is 8.89. The standard InChI is InChI=1S/C3H8O2.2C2H4O2.Cu/c1-2-3(4)5;2*1-2(3)4;/h3-5H,2H2,1H3;2*1H3,(H,3,4);/q;;;+2/p-2. The summed E-state index contributed by atoms with van der Waals surface area (Å²) < 4.78 is 0. The number of carbonyl (C=O) groups excluding carboxylic acids is 2. The van der Waals surface area contributed by atoms with Crippen molar-refractivity contribution in [1.29, 1.82) is 0 Å². The Balaban J connectivity index is -0.0000000522. The van der Waals surface area contributed by atoms with E-state index in [0.717, 1.165) is 13.8 Å². The fourth-order valence-electron chi connectivity index (χ4n) is 0. The first-order valence-corrected chi connectivity index (χ1v) is 3.45. The zero-order chi connectivity index (χ0) is 11.4. The van der Waals surface area contributed by atoms with Crippen molar-refractivity contribution in [2.24, 2.45) is 0 Å². The molecule has 0 aliphatic carbocycles. The number of rotatable bonds is 1. The Morgan fingerprint density at radius 1 is 1.14 bits per heavy atom. The van der Waals surface area contributed by atoms with E-state index in [-0.39, 0.29) is 17.1 Å². The van der Waals surface area contributed by atoms with Crippen molar-refractivity contribution in [3.05, 3.63) is 0 Å². The van der Waals surface area contributed by atoms with Gasteiger partial charge in [0, 0.05) is 11.9 Å². The molecule has 14 heavy (non-hydrogen) atoms. The number of carboxylic acid groups (broad SMARTS) is 2. The second kappa shape index (κ2) is 18.2. The number of carboxylic acids is 2. The zero-order valence-electron chi connectivity index (χ0n) is 8.11. The molecule has 0 amide bonds. The molecule has 0 atom stereocenters. The monoisotopic (exact) mass is 257 g/mol. The third kappa shape index (κ3) is 644. The average molecular weight is 258 g/mol. The molecule has 0 fully saturated rings. The van der Waals surface area contributed by atoms with E-state index < -0.39 is 18.2 Å². The molecule has 0 rings (SSSR count). The van der Waals surface area contributed by atoms with Gasteiger partial charge in [-0.3, -0.25) is 0 Å². The minimum absolute atomic E-state index is 0. The van der Waals surface area contributed by atoms with E-state index in [0.29, 0.717) is 6.42 Å². The molecule has 0 aromatic heterocycles. The Bertz CT molecular complexity index is 116. The molecule has 0 heterocycles. The van der Waals surface area contributed by atoms with Gasteiger partial charge < -0.3 is 30.0 Å².